The van der Waals surface area contributed by atoms with Gasteiger partial charge in [0.2, 0.25) is 5.88 Å². The van der Waals surface area contributed by atoms with Gasteiger partial charge in [0.15, 0.2) is 0 Å². The smallest absolute Gasteiger partial charge is 0.217 e. The molecule has 4 heteroatoms. The summed E-state index contributed by atoms with van der Waals surface area (Å²) in [4.78, 5) is 0. The van der Waals surface area contributed by atoms with Gasteiger partial charge in [-0.05, 0) is 38.1 Å². The summed E-state index contributed by atoms with van der Waals surface area (Å²) in [5, 5.41) is 7.58. The third-order valence-corrected chi connectivity index (χ3v) is 3.20. The van der Waals surface area contributed by atoms with Gasteiger partial charge in [0, 0.05) is 19.2 Å². The second-order valence-electron chi connectivity index (χ2n) is 4.67. The van der Waals surface area contributed by atoms with E-state index in [1.807, 2.05) is 39.2 Å². The van der Waals surface area contributed by atoms with E-state index in [2.05, 4.69) is 29.5 Å². The number of hydrogen-bond donors (Lipinski definition) is 1. The summed E-state index contributed by atoms with van der Waals surface area (Å²) in [5.74, 6) is 1.60. The number of benzene rings is 1. The second-order valence-corrected chi connectivity index (χ2v) is 4.67. The predicted molar refractivity (Wildman–Crippen MR) is 76.6 cm³/mol. The van der Waals surface area contributed by atoms with E-state index in [4.69, 9.17) is 4.74 Å². The average molecular weight is 259 g/mol. The first-order valence-electron chi connectivity index (χ1n) is 6.59. The Balaban J connectivity index is 2.21. The first-order chi connectivity index (χ1) is 9.13. The number of ether oxygens (including phenoxy) is 1. The van der Waals surface area contributed by atoms with Crippen LogP contribution in [0.15, 0.2) is 30.3 Å². The van der Waals surface area contributed by atoms with Crippen molar-refractivity contribution < 1.29 is 4.74 Å². The van der Waals surface area contributed by atoms with E-state index in [9.17, 15) is 0 Å². The molecule has 0 amide bonds. The predicted octanol–water partition coefficient (Wildman–Crippen LogP) is 3.19. The van der Waals surface area contributed by atoms with Crippen molar-refractivity contribution in [2.45, 2.75) is 26.3 Å². The van der Waals surface area contributed by atoms with Crippen molar-refractivity contribution in [3.05, 3.63) is 41.6 Å². The first-order valence-corrected chi connectivity index (χ1v) is 6.59. The molecular weight excluding hydrogens is 238 g/mol. The summed E-state index contributed by atoms with van der Waals surface area (Å²) >= 11 is 0. The molecule has 0 aliphatic carbocycles. The van der Waals surface area contributed by atoms with E-state index < -0.39 is 0 Å². The van der Waals surface area contributed by atoms with Crippen molar-refractivity contribution in [2.75, 3.05) is 7.05 Å². The van der Waals surface area contributed by atoms with Crippen LogP contribution in [0.3, 0.4) is 0 Å². The van der Waals surface area contributed by atoms with Crippen LogP contribution < -0.4 is 10.1 Å². The highest BCUT2D eigenvalue weighted by molar-refractivity contribution is 5.33. The minimum atomic E-state index is 0.358. The Kier molecular flexibility index (Phi) is 4.22. The maximum absolute atomic E-state index is 5.88. The maximum Gasteiger partial charge on any atom is 0.217 e. The normalized spacial score (nSPS) is 12.4. The van der Waals surface area contributed by atoms with Gasteiger partial charge in [-0.2, -0.15) is 5.10 Å². The lowest BCUT2D eigenvalue weighted by Crippen LogP contribution is -2.15. The van der Waals surface area contributed by atoms with Crippen LogP contribution in [0.25, 0.3) is 0 Å². The molecule has 1 aromatic carbocycles. The molecule has 0 spiro atoms. The Morgan fingerprint density at radius 3 is 2.74 bits per heavy atom. The van der Waals surface area contributed by atoms with Crippen LogP contribution in [0.4, 0.5) is 0 Å². The fourth-order valence-corrected chi connectivity index (χ4v) is 2.20. The maximum atomic E-state index is 5.88. The van der Waals surface area contributed by atoms with E-state index in [0.29, 0.717) is 6.04 Å². The van der Waals surface area contributed by atoms with Crippen molar-refractivity contribution in [2.24, 2.45) is 7.05 Å². The summed E-state index contributed by atoms with van der Waals surface area (Å²) in [7, 11) is 3.86. The third kappa shape index (κ3) is 3.15. The van der Waals surface area contributed by atoms with Crippen molar-refractivity contribution in [1.29, 1.82) is 0 Å². The molecule has 0 radical (unpaired) electrons. The van der Waals surface area contributed by atoms with Gasteiger partial charge in [-0.25, -0.2) is 4.68 Å². The highest BCUT2D eigenvalue weighted by atomic mass is 16.5. The Labute approximate surface area is 114 Å². The van der Waals surface area contributed by atoms with Crippen LogP contribution in [0.1, 0.15) is 30.6 Å². The molecule has 1 N–H and O–H groups in total. The van der Waals surface area contributed by atoms with Crippen LogP contribution in [0, 0.1) is 6.92 Å². The first kappa shape index (κ1) is 13.6. The highest BCUT2D eigenvalue weighted by Crippen LogP contribution is 2.25. The van der Waals surface area contributed by atoms with Gasteiger partial charge in [0.25, 0.3) is 0 Å². The summed E-state index contributed by atoms with van der Waals surface area (Å²) in [6, 6.07) is 10.5. The zero-order valence-electron chi connectivity index (χ0n) is 12.0. The third-order valence-electron chi connectivity index (χ3n) is 3.20. The Hall–Kier alpha value is -1.81. The van der Waals surface area contributed by atoms with Gasteiger partial charge < -0.3 is 10.1 Å². The molecule has 0 fully saturated rings. The van der Waals surface area contributed by atoms with Gasteiger partial charge in [0.1, 0.15) is 5.75 Å². The molecule has 102 valence electrons. The van der Waals surface area contributed by atoms with Gasteiger partial charge in [-0.1, -0.05) is 19.1 Å². The Morgan fingerprint density at radius 1 is 1.37 bits per heavy atom. The van der Waals surface area contributed by atoms with Crippen LogP contribution in [0.2, 0.25) is 0 Å². The molecule has 1 unspecified atom stereocenters. The molecule has 0 aliphatic rings. The van der Waals surface area contributed by atoms with Gasteiger partial charge in [-0.15, -0.1) is 0 Å². The quantitative estimate of drug-likeness (QED) is 0.896. The number of aryl methyl sites for hydroxylation is 2. The topological polar surface area (TPSA) is 39.1 Å². The Morgan fingerprint density at radius 2 is 2.16 bits per heavy atom. The lowest BCUT2D eigenvalue weighted by atomic mass is 10.0. The number of aromatic nitrogens is 2. The molecule has 19 heavy (non-hydrogen) atoms. The second kappa shape index (κ2) is 5.89. The zero-order chi connectivity index (χ0) is 13.8. The standard InChI is InChI=1S/C15H21N3O/c1-5-14(16-3)12-7-6-8-13(10-12)19-15-9-11(2)17-18(15)4/h6-10,14,16H,5H2,1-4H3. The molecule has 0 saturated carbocycles. The van der Waals surface area contributed by atoms with Crippen molar-refractivity contribution in [3.8, 4) is 11.6 Å². The summed E-state index contributed by atoms with van der Waals surface area (Å²) in [5.41, 5.74) is 2.19. The van der Waals surface area contributed by atoms with E-state index in [0.717, 1.165) is 23.7 Å². The van der Waals surface area contributed by atoms with Gasteiger partial charge in [0.05, 0.1) is 5.69 Å². The fraction of sp³-hybridized carbons (Fsp3) is 0.400. The number of rotatable bonds is 5. The number of nitrogens with zero attached hydrogens (tertiary/aromatic N) is 2. The van der Waals surface area contributed by atoms with E-state index >= 15 is 0 Å². The SMILES string of the molecule is CCC(NC)c1cccc(Oc2cc(C)nn2C)c1. The largest absolute Gasteiger partial charge is 0.439 e. The molecule has 1 heterocycles. The van der Waals surface area contributed by atoms with Crippen LogP contribution in [-0.2, 0) is 7.05 Å². The monoisotopic (exact) mass is 259 g/mol. The zero-order valence-corrected chi connectivity index (χ0v) is 12.0. The van der Waals surface area contributed by atoms with Gasteiger partial charge in [-0.3, -0.25) is 0 Å². The number of nitrogens with one attached hydrogen (secondary N) is 1. The minimum Gasteiger partial charge on any atom is -0.439 e. The Bertz CT molecular complexity index is 544. The summed E-state index contributed by atoms with van der Waals surface area (Å²) < 4.78 is 7.63. The lowest BCUT2D eigenvalue weighted by Gasteiger charge is -2.15. The van der Waals surface area contributed by atoms with Gasteiger partial charge >= 0.3 is 0 Å². The minimum absolute atomic E-state index is 0.358. The van der Waals surface area contributed by atoms with Crippen molar-refractivity contribution in [1.82, 2.24) is 15.1 Å². The summed E-state index contributed by atoms with van der Waals surface area (Å²) in [6.07, 6.45) is 1.05. The molecule has 0 bridgehead atoms. The molecule has 1 aromatic heterocycles. The fourth-order valence-electron chi connectivity index (χ4n) is 2.20. The highest BCUT2D eigenvalue weighted by Gasteiger charge is 2.09. The van der Waals surface area contributed by atoms with E-state index in [1.165, 1.54) is 5.56 Å². The molecule has 1 atom stereocenters. The van der Waals surface area contributed by atoms with Crippen LogP contribution in [0.5, 0.6) is 11.6 Å². The molecule has 4 nitrogen and oxygen atoms in total. The average Bonchev–Trinajstić information content (AvgIpc) is 2.70. The number of hydrogen-bond acceptors (Lipinski definition) is 3. The molecule has 0 saturated heterocycles. The van der Waals surface area contributed by atoms with Crippen molar-refractivity contribution >= 4 is 0 Å². The van der Waals surface area contributed by atoms with E-state index in [-0.39, 0.29) is 0 Å². The molecule has 0 aliphatic heterocycles. The molecule has 2 aromatic rings. The molecule has 2 rings (SSSR count). The van der Waals surface area contributed by atoms with Crippen LogP contribution in [-0.4, -0.2) is 16.8 Å². The lowest BCUT2D eigenvalue weighted by molar-refractivity contribution is 0.429. The van der Waals surface area contributed by atoms with Crippen LogP contribution >= 0.6 is 0 Å². The van der Waals surface area contributed by atoms with E-state index in [1.54, 1.807) is 4.68 Å². The van der Waals surface area contributed by atoms with Crippen molar-refractivity contribution in [3.63, 3.8) is 0 Å². The summed E-state index contributed by atoms with van der Waals surface area (Å²) in [6.45, 7) is 4.12. The molecular formula is C15H21N3O.